The second-order valence-electron chi connectivity index (χ2n) is 1.61. The Morgan fingerprint density at radius 1 is 1.20 bits per heavy atom. The first kappa shape index (κ1) is 5.10. The summed E-state index contributed by atoms with van der Waals surface area (Å²) in [6.45, 7) is 0. The maximum atomic E-state index is 10.5. The van der Waals surface area contributed by atoms with Crippen molar-refractivity contribution in [2.45, 2.75) is 0 Å². The van der Waals surface area contributed by atoms with Gasteiger partial charge < -0.3 is 0 Å². The number of fused-ring (bicyclic) bond motifs is 1. The van der Waals surface area contributed by atoms with Crippen molar-refractivity contribution in [2.75, 3.05) is 0 Å². The van der Waals surface area contributed by atoms with Crippen molar-refractivity contribution in [1.82, 2.24) is 15.2 Å². The minimum absolute atomic E-state index is 0.201. The predicted molar refractivity (Wildman–Crippen MR) is 27.5 cm³/mol. The smallest absolute Gasteiger partial charge is 0.244 e. The van der Waals surface area contributed by atoms with Crippen LogP contribution in [0.2, 0.25) is 0 Å². The molecule has 2 amide bonds. The third kappa shape index (κ3) is 0.586. The van der Waals surface area contributed by atoms with Gasteiger partial charge in [-0.15, -0.1) is 10.2 Å². The van der Waals surface area contributed by atoms with Gasteiger partial charge in [-0.25, -0.2) is 9.78 Å². The summed E-state index contributed by atoms with van der Waals surface area (Å²) in [4.78, 5) is 21.0. The molecule has 0 saturated heterocycles. The van der Waals surface area contributed by atoms with Crippen molar-refractivity contribution in [3.05, 3.63) is 17.3 Å². The van der Waals surface area contributed by atoms with Gasteiger partial charge in [0.2, 0.25) is 11.0 Å². The Bertz CT molecular complexity index is 359. The molecule has 6 heteroatoms. The Labute approximate surface area is 54.4 Å². The van der Waals surface area contributed by atoms with Crippen LogP contribution in [0.1, 0.15) is 0 Å². The molecule has 0 fully saturated rings. The van der Waals surface area contributed by atoms with E-state index in [4.69, 9.17) is 0 Å². The normalized spacial score (nSPS) is 13.8. The Hall–Kier alpha value is -1.72. The van der Waals surface area contributed by atoms with Gasteiger partial charge in [-0.2, -0.15) is 9.98 Å². The van der Waals surface area contributed by atoms with Crippen LogP contribution in [0.25, 0.3) is 0 Å². The fourth-order valence-corrected chi connectivity index (χ4v) is 0.621. The van der Waals surface area contributed by atoms with Crippen molar-refractivity contribution in [1.29, 1.82) is 0 Å². The predicted octanol–water partition coefficient (Wildman–Crippen LogP) is -1.76. The average molecular weight is 135 g/mol. The van der Waals surface area contributed by atoms with Crippen LogP contribution < -0.4 is 11.0 Å². The SMILES string of the molecule is O=C1N=c2ncnnc2=N1. The third-order valence-electron chi connectivity index (χ3n) is 0.987. The van der Waals surface area contributed by atoms with Crippen LogP contribution >= 0.6 is 0 Å². The summed E-state index contributed by atoms with van der Waals surface area (Å²) >= 11 is 0. The van der Waals surface area contributed by atoms with Gasteiger partial charge in [0.1, 0.15) is 6.33 Å². The zero-order chi connectivity index (χ0) is 6.97. The van der Waals surface area contributed by atoms with Crippen LogP contribution in [-0.4, -0.2) is 21.2 Å². The fraction of sp³-hybridized carbons (Fsp3) is 0. The molecule has 2 rings (SSSR count). The topological polar surface area (TPSA) is 80.5 Å². The molecule has 0 spiro atoms. The number of carbonyl (C=O) groups is 1. The summed E-state index contributed by atoms with van der Waals surface area (Å²) in [6, 6.07) is -0.567. The zero-order valence-corrected chi connectivity index (χ0v) is 4.72. The van der Waals surface area contributed by atoms with Crippen LogP contribution in [0.5, 0.6) is 0 Å². The van der Waals surface area contributed by atoms with Gasteiger partial charge in [-0.3, -0.25) is 0 Å². The molecule has 1 aliphatic rings. The molecular formula is C4HN5O. The van der Waals surface area contributed by atoms with E-state index in [-0.39, 0.29) is 11.0 Å². The van der Waals surface area contributed by atoms with Crippen molar-refractivity contribution >= 4 is 6.03 Å². The number of aromatic nitrogens is 3. The number of nitrogens with zero attached hydrogens (tertiary/aromatic N) is 5. The number of hydrogen-bond donors (Lipinski definition) is 0. The summed E-state index contributed by atoms with van der Waals surface area (Å²) in [5.41, 5.74) is 0.451. The monoisotopic (exact) mass is 135 g/mol. The van der Waals surface area contributed by atoms with Crippen LogP contribution in [0.15, 0.2) is 16.3 Å². The molecule has 0 unspecified atom stereocenters. The van der Waals surface area contributed by atoms with Gasteiger partial charge in [-0.05, 0) is 0 Å². The lowest BCUT2D eigenvalue weighted by Crippen LogP contribution is -2.29. The summed E-state index contributed by atoms with van der Waals surface area (Å²) in [7, 11) is 0. The molecule has 0 radical (unpaired) electrons. The first-order valence-electron chi connectivity index (χ1n) is 2.51. The van der Waals surface area contributed by atoms with E-state index in [1.54, 1.807) is 0 Å². The van der Waals surface area contributed by atoms with E-state index in [1.807, 2.05) is 0 Å². The molecule has 0 aliphatic carbocycles. The molecule has 1 aromatic rings. The number of amides is 2. The van der Waals surface area contributed by atoms with Gasteiger partial charge in [-0.1, -0.05) is 0 Å². The van der Waals surface area contributed by atoms with Gasteiger partial charge in [0.15, 0.2) is 0 Å². The summed E-state index contributed by atoms with van der Waals surface area (Å²) in [5, 5.41) is 6.94. The molecule has 0 N–H and O–H groups in total. The molecule has 10 heavy (non-hydrogen) atoms. The maximum Gasteiger partial charge on any atom is 0.371 e. The Balaban J connectivity index is 2.96. The molecular weight excluding hydrogens is 134 g/mol. The first-order valence-corrected chi connectivity index (χ1v) is 2.51. The van der Waals surface area contributed by atoms with Gasteiger partial charge in [0.25, 0.3) is 0 Å². The number of carbonyl (C=O) groups excluding carboxylic acids is 1. The van der Waals surface area contributed by atoms with E-state index in [0.717, 1.165) is 0 Å². The molecule has 1 aliphatic heterocycles. The molecule has 0 aromatic carbocycles. The van der Waals surface area contributed by atoms with Crippen molar-refractivity contribution in [3.8, 4) is 0 Å². The van der Waals surface area contributed by atoms with Gasteiger partial charge >= 0.3 is 6.03 Å². The van der Waals surface area contributed by atoms with Gasteiger partial charge in [0.05, 0.1) is 0 Å². The van der Waals surface area contributed by atoms with E-state index >= 15 is 0 Å². The van der Waals surface area contributed by atoms with Crippen molar-refractivity contribution < 1.29 is 4.79 Å². The minimum Gasteiger partial charge on any atom is -0.244 e. The lowest BCUT2D eigenvalue weighted by atomic mass is 10.8. The maximum absolute atomic E-state index is 10.5. The fourth-order valence-electron chi connectivity index (χ4n) is 0.621. The molecule has 0 atom stereocenters. The van der Waals surface area contributed by atoms with Crippen LogP contribution in [0.4, 0.5) is 4.79 Å². The molecule has 6 nitrogen and oxygen atoms in total. The molecule has 2 heterocycles. The zero-order valence-electron chi connectivity index (χ0n) is 4.72. The summed E-state index contributed by atoms with van der Waals surface area (Å²) in [6.07, 6.45) is 1.22. The quantitative estimate of drug-likeness (QED) is 0.422. The Morgan fingerprint density at radius 3 is 2.80 bits per heavy atom. The van der Waals surface area contributed by atoms with Crippen LogP contribution in [-0.2, 0) is 0 Å². The first-order chi connectivity index (χ1) is 4.86. The minimum atomic E-state index is -0.567. The number of hydrogen-bond acceptors (Lipinski definition) is 4. The standard InChI is InChI=1S/C4HN5O/c10-4-7-2-3(8-4)9-6-1-5-2/h1H. The summed E-state index contributed by atoms with van der Waals surface area (Å²) < 4.78 is 0. The van der Waals surface area contributed by atoms with Crippen LogP contribution in [0, 0.1) is 0 Å². The lowest BCUT2D eigenvalue weighted by Gasteiger charge is -1.73. The third-order valence-corrected chi connectivity index (χ3v) is 0.987. The van der Waals surface area contributed by atoms with Gasteiger partial charge in [0, 0.05) is 0 Å². The molecule has 0 bridgehead atoms. The highest BCUT2D eigenvalue weighted by molar-refractivity contribution is 5.76. The largest absolute Gasteiger partial charge is 0.371 e. The second-order valence-corrected chi connectivity index (χ2v) is 1.61. The number of rotatable bonds is 0. The highest BCUT2D eigenvalue weighted by Crippen LogP contribution is 1.77. The van der Waals surface area contributed by atoms with Crippen molar-refractivity contribution in [2.24, 2.45) is 9.98 Å². The number of urea groups is 1. The van der Waals surface area contributed by atoms with E-state index in [0.29, 0.717) is 0 Å². The highest BCUT2D eigenvalue weighted by Gasteiger charge is 2.04. The van der Waals surface area contributed by atoms with E-state index in [1.165, 1.54) is 6.33 Å². The van der Waals surface area contributed by atoms with Crippen molar-refractivity contribution in [3.63, 3.8) is 0 Å². The van der Waals surface area contributed by atoms with E-state index < -0.39 is 6.03 Å². The van der Waals surface area contributed by atoms with Crippen LogP contribution in [0.3, 0.4) is 0 Å². The second kappa shape index (κ2) is 1.63. The summed E-state index contributed by atoms with van der Waals surface area (Å²) in [5.74, 6) is 0. The Kier molecular flexibility index (Phi) is 0.830. The highest BCUT2D eigenvalue weighted by atomic mass is 16.2. The Morgan fingerprint density at radius 2 is 2.00 bits per heavy atom. The lowest BCUT2D eigenvalue weighted by molar-refractivity contribution is 0.256. The molecule has 1 aromatic heterocycles. The van der Waals surface area contributed by atoms with E-state index in [2.05, 4.69) is 25.2 Å². The van der Waals surface area contributed by atoms with E-state index in [9.17, 15) is 4.79 Å². The average Bonchev–Trinajstić information content (AvgIpc) is 2.27. The molecule has 48 valence electrons. The molecule has 0 saturated carbocycles.